The van der Waals surface area contributed by atoms with E-state index in [0.29, 0.717) is 11.1 Å². The number of thiocarbonyl (C=S) groups is 1. The van der Waals surface area contributed by atoms with Crippen molar-refractivity contribution in [3.8, 4) is 0 Å². The molecule has 3 rings (SSSR count). The number of pyridine rings is 1. The van der Waals surface area contributed by atoms with Crippen molar-refractivity contribution in [2.45, 2.75) is 6.42 Å². The normalized spacial score (nSPS) is 10.5. The molecule has 0 radical (unpaired) electrons. The molecule has 1 aromatic carbocycles. The second-order valence-corrected chi connectivity index (χ2v) is 4.96. The number of nitrogens with one attached hydrogen (secondary N) is 3. The monoisotopic (exact) mass is 297 g/mol. The summed E-state index contributed by atoms with van der Waals surface area (Å²) in [4.78, 5) is 11.9. The van der Waals surface area contributed by atoms with Crippen LogP contribution < -0.4 is 10.6 Å². The van der Waals surface area contributed by atoms with Crippen LogP contribution >= 0.6 is 12.2 Å². The van der Waals surface area contributed by atoms with E-state index in [0.717, 1.165) is 29.7 Å². The zero-order chi connectivity index (χ0) is 14.5. The molecule has 0 fully saturated rings. The Balaban J connectivity index is 1.52. The van der Waals surface area contributed by atoms with Crippen molar-refractivity contribution < 1.29 is 0 Å². The lowest BCUT2D eigenvalue weighted by molar-refractivity contribution is 0.847. The van der Waals surface area contributed by atoms with Gasteiger partial charge in [0.25, 0.3) is 0 Å². The number of benzene rings is 1. The number of hydrogen-bond donors (Lipinski definition) is 3. The summed E-state index contributed by atoms with van der Waals surface area (Å²) in [6.45, 7) is 0.725. The minimum atomic E-state index is 0.546. The molecule has 21 heavy (non-hydrogen) atoms. The molecule has 0 unspecified atom stereocenters. The van der Waals surface area contributed by atoms with Gasteiger partial charge in [-0.2, -0.15) is 0 Å². The van der Waals surface area contributed by atoms with Crippen molar-refractivity contribution in [1.29, 1.82) is 0 Å². The van der Waals surface area contributed by atoms with E-state index in [1.54, 1.807) is 6.20 Å². The molecule has 106 valence electrons. The molecular formula is C15H15N5S. The van der Waals surface area contributed by atoms with Crippen molar-refractivity contribution in [3.05, 3.63) is 54.4 Å². The van der Waals surface area contributed by atoms with Crippen molar-refractivity contribution >= 4 is 34.3 Å². The number of aromatic amines is 1. The molecule has 0 aliphatic carbocycles. The molecule has 0 aliphatic heterocycles. The van der Waals surface area contributed by atoms with Crippen LogP contribution in [-0.2, 0) is 6.42 Å². The second-order valence-electron chi connectivity index (χ2n) is 4.55. The fourth-order valence-electron chi connectivity index (χ4n) is 2.01. The van der Waals surface area contributed by atoms with Gasteiger partial charge in [-0.15, -0.1) is 0 Å². The molecule has 0 amide bonds. The number of para-hydroxylation sites is 2. The van der Waals surface area contributed by atoms with Gasteiger partial charge in [0, 0.05) is 24.9 Å². The Kier molecular flexibility index (Phi) is 4.07. The molecular weight excluding hydrogens is 282 g/mol. The van der Waals surface area contributed by atoms with Gasteiger partial charge in [0.2, 0.25) is 5.95 Å². The van der Waals surface area contributed by atoms with E-state index in [1.807, 2.05) is 42.5 Å². The van der Waals surface area contributed by atoms with Gasteiger partial charge in [0.15, 0.2) is 5.11 Å². The van der Waals surface area contributed by atoms with Crippen LogP contribution in [0.1, 0.15) is 5.69 Å². The lowest BCUT2D eigenvalue weighted by Gasteiger charge is -2.07. The Labute approximate surface area is 127 Å². The maximum absolute atomic E-state index is 5.25. The van der Waals surface area contributed by atoms with E-state index in [-0.39, 0.29) is 0 Å². The molecule has 0 spiro atoms. The first-order chi connectivity index (χ1) is 10.3. The quantitative estimate of drug-likeness (QED) is 0.646. The fourth-order valence-corrected chi connectivity index (χ4v) is 2.21. The number of imidazole rings is 1. The van der Waals surface area contributed by atoms with Gasteiger partial charge in [-0.3, -0.25) is 4.98 Å². The van der Waals surface area contributed by atoms with Crippen LogP contribution in [0.4, 0.5) is 5.95 Å². The van der Waals surface area contributed by atoms with Gasteiger partial charge in [-0.25, -0.2) is 4.98 Å². The van der Waals surface area contributed by atoms with Crippen LogP contribution in [0.3, 0.4) is 0 Å². The maximum Gasteiger partial charge on any atom is 0.207 e. The summed E-state index contributed by atoms with van der Waals surface area (Å²) in [5.74, 6) is 0.645. The molecule has 0 saturated heterocycles. The van der Waals surface area contributed by atoms with Crippen molar-refractivity contribution in [1.82, 2.24) is 20.3 Å². The largest absolute Gasteiger partial charge is 0.362 e. The molecule has 0 atom stereocenters. The summed E-state index contributed by atoms with van der Waals surface area (Å²) in [6.07, 6.45) is 2.61. The lowest BCUT2D eigenvalue weighted by atomic mass is 10.3. The average Bonchev–Trinajstić information content (AvgIpc) is 2.90. The summed E-state index contributed by atoms with van der Waals surface area (Å²) in [7, 11) is 0. The van der Waals surface area contributed by atoms with E-state index in [4.69, 9.17) is 12.2 Å². The second kappa shape index (κ2) is 6.32. The van der Waals surface area contributed by atoms with E-state index >= 15 is 0 Å². The highest BCUT2D eigenvalue weighted by Gasteiger charge is 2.03. The third-order valence-electron chi connectivity index (χ3n) is 3.01. The Morgan fingerprint density at radius 2 is 2.00 bits per heavy atom. The van der Waals surface area contributed by atoms with Crippen LogP contribution in [0.2, 0.25) is 0 Å². The van der Waals surface area contributed by atoms with Crippen LogP contribution in [0.25, 0.3) is 11.0 Å². The molecule has 3 aromatic rings. The lowest BCUT2D eigenvalue weighted by Crippen LogP contribution is -2.30. The number of hydrogen-bond acceptors (Lipinski definition) is 3. The van der Waals surface area contributed by atoms with Crippen LogP contribution in [0.5, 0.6) is 0 Å². The minimum Gasteiger partial charge on any atom is -0.362 e. The summed E-state index contributed by atoms with van der Waals surface area (Å²) in [6, 6.07) is 13.7. The number of nitrogens with zero attached hydrogens (tertiary/aromatic N) is 2. The summed E-state index contributed by atoms with van der Waals surface area (Å²) in [5, 5.41) is 6.74. The fraction of sp³-hybridized carbons (Fsp3) is 0.133. The Morgan fingerprint density at radius 1 is 1.14 bits per heavy atom. The molecule has 5 nitrogen and oxygen atoms in total. The van der Waals surface area contributed by atoms with E-state index < -0.39 is 0 Å². The third kappa shape index (κ3) is 3.55. The predicted octanol–water partition coefficient (Wildman–Crippen LogP) is 2.49. The van der Waals surface area contributed by atoms with E-state index in [2.05, 4.69) is 25.6 Å². The molecule has 3 N–H and O–H groups in total. The molecule has 0 saturated carbocycles. The van der Waals surface area contributed by atoms with Gasteiger partial charge >= 0.3 is 0 Å². The average molecular weight is 297 g/mol. The van der Waals surface area contributed by atoms with E-state index in [1.165, 1.54) is 0 Å². The SMILES string of the molecule is S=C(NCCc1ccccn1)Nc1nc2ccccc2[nH]1. The Bertz CT molecular complexity index is 705. The van der Waals surface area contributed by atoms with Gasteiger partial charge in [0.05, 0.1) is 11.0 Å². The summed E-state index contributed by atoms with van der Waals surface area (Å²) >= 11 is 5.25. The van der Waals surface area contributed by atoms with Crippen molar-refractivity contribution in [2.24, 2.45) is 0 Å². The van der Waals surface area contributed by atoms with Gasteiger partial charge < -0.3 is 15.6 Å². The Hall–Kier alpha value is -2.47. The van der Waals surface area contributed by atoms with Crippen molar-refractivity contribution in [3.63, 3.8) is 0 Å². The van der Waals surface area contributed by atoms with Gasteiger partial charge in [0.1, 0.15) is 0 Å². The first-order valence-corrected chi connectivity index (χ1v) is 7.11. The number of aromatic nitrogens is 3. The van der Waals surface area contributed by atoms with Crippen molar-refractivity contribution in [2.75, 3.05) is 11.9 Å². The van der Waals surface area contributed by atoms with Crippen LogP contribution in [-0.4, -0.2) is 26.6 Å². The number of fused-ring (bicyclic) bond motifs is 1. The number of rotatable bonds is 4. The van der Waals surface area contributed by atoms with Gasteiger partial charge in [-0.1, -0.05) is 18.2 Å². The Morgan fingerprint density at radius 3 is 2.81 bits per heavy atom. The highest BCUT2D eigenvalue weighted by molar-refractivity contribution is 7.80. The minimum absolute atomic E-state index is 0.546. The zero-order valence-corrected chi connectivity index (χ0v) is 12.2. The van der Waals surface area contributed by atoms with Crippen LogP contribution in [0, 0.1) is 0 Å². The summed E-state index contributed by atoms with van der Waals surface area (Å²) < 4.78 is 0. The van der Waals surface area contributed by atoms with E-state index in [9.17, 15) is 0 Å². The summed E-state index contributed by atoms with van der Waals surface area (Å²) in [5.41, 5.74) is 2.93. The first kappa shape index (κ1) is 13.5. The predicted molar refractivity (Wildman–Crippen MR) is 88.3 cm³/mol. The highest BCUT2D eigenvalue weighted by atomic mass is 32.1. The topological polar surface area (TPSA) is 65.6 Å². The third-order valence-corrected chi connectivity index (χ3v) is 3.26. The number of anilines is 1. The molecule has 0 bridgehead atoms. The highest BCUT2D eigenvalue weighted by Crippen LogP contribution is 2.12. The molecule has 0 aliphatic rings. The molecule has 2 heterocycles. The van der Waals surface area contributed by atoms with Gasteiger partial charge in [-0.05, 0) is 36.5 Å². The zero-order valence-electron chi connectivity index (χ0n) is 11.3. The molecule has 2 aromatic heterocycles. The maximum atomic E-state index is 5.25. The van der Waals surface area contributed by atoms with Crippen LogP contribution in [0.15, 0.2) is 48.7 Å². The standard InChI is InChI=1S/C15H15N5S/c21-15(17-10-8-11-5-3-4-9-16-11)20-14-18-12-6-1-2-7-13(12)19-14/h1-7,9H,8,10H2,(H3,17,18,19,20,21). The smallest absolute Gasteiger partial charge is 0.207 e. The molecule has 6 heteroatoms. The number of H-pyrrole nitrogens is 1. The first-order valence-electron chi connectivity index (χ1n) is 6.71.